The van der Waals surface area contributed by atoms with E-state index in [0.717, 1.165) is 5.56 Å². The van der Waals surface area contributed by atoms with Crippen molar-refractivity contribution in [3.8, 4) is 29.0 Å². The quantitative estimate of drug-likeness (QED) is 0.756. The molecule has 3 N–H and O–H groups in total. The van der Waals surface area contributed by atoms with Gasteiger partial charge in [0.25, 0.3) is 5.56 Å². The minimum Gasteiger partial charge on any atom is -0.489 e. The fourth-order valence-corrected chi connectivity index (χ4v) is 2.61. The Kier molecular flexibility index (Phi) is 4.69. The van der Waals surface area contributed by atoms with Gasteiger partial charge in [0.2, 0.25) is 0 Å². The molecule has 6 nitrogen and oxygen atoms in total. The topological polar surface area (TPSA) is 116 Å². The van der Waals surface area contributed by atoms with E-state index in [4.69, 9.17) is 10.5 Å². The van der Waals surface area contributed by atoms with Crippen molar-refractivity contribution in [3.63, 3.8) is 0 Å². The summed E-state index contributed by atoms with van der Waals surface area (Å²) in [6.45, 7) is 0.373. The number of aromatic amines is 1. The van der Waals surface area contributed by atoms with E-state index in [-0.39, 0.29) is 22.5 Å². The van der Waals surface area contributed by atoms with Crippen LogP contribution in [0.15, 0.2) is 59.4 Å². The molecule has 0 spiro atoms. The van der Waals surface area contributed by atoms with Crippen molar-refractivity contribution < 1.29 is 4.74 Å². The fourth-order valence-electron chi connectivity index (χ4n) is 2.61. The first-order valence-corrected chi connectivity index (χ1v) is 7.77. The lowest BCUT2D eigenvalue weighted by Gasteiger charge is -2.11. The van der Waals surface area contributed by atoms with E-state index < -0.39 is 5.56 Å². The van der Waals surface area contributed by atoms with Gasteiger partial charge in [-0.2, -0.15) is 10.5 Å². The third-order valence-electron chi connectivity index (χ3n) is 3.84. The molecule has 0 unspecified atom stereocenters. The van der Waals surface area contributed by atoms with E-state index in [9.17, 15) is 15.3 Å². The predicted octanol–water partition coefficient (Wildman–Crippen LogP) is 2.95. The molecular formula is C20H14N4O2. The van der Waals surface area contributed by atoms with E-state index in [1.54, 1.807) is 24.3 Å². The number of ether oxygens (including phenoxy) is 1. The molecule has 0 aliphatic heterocycles. The smallest absolute Gasteiger partial charge is 0.268 e. The minimum atomic E-state index is -0.630. The maximum Gasteiger partial charge on any atom is 0.268 e. The number of benzene rings is 2. The van der Waals surface area contributed by atoms with Crippen LogP contribution in [0.1, 0.15) is 16.7 Å². The highest BCUT2D eigenvalue weighted by Gasteiger charge is 2.18. The average Bonchev–Trinajstić information content (AvgIpc) is 2.67. The van der Waals surface area contributed by atoms with E-state index in [1.807, 2.05) is 42.5 Å². The van der Waals surface area contributed by atoms with Crippen LogP contribution in [0, 0.1) is 22.7 Å². The van der Waals surface area contributed by atoms with E-state index in [1.165, 1.54) is 0 Å². The van der Waals surface area contributed by atoms with Crippen molar-refractivity contribution in [2.75, 3.05) is 5.73 Å². The van der Waals surface area contributed by atoms with Crippen LogP contribution < -0.4 is 16.0 Å². The number of nitrogens with one attached hydrogen (secondary N) is 1. The summed E-state index contributed by atoms with van der Waals surface area (Å²) < 4.78 is 5.78. The lowest BCUT2D eigenvalue weighted by molar-refractivity contribution is 0.306. The number of nitriles is 2. The molecule has 2 aromatic carbocycles. The number of hydrogen-bond donors (Lipinski definition) is 2. The Bertz CT molecular complexity index is 1090. The van der Waals surface area contributed by atoms with Crippen LogP contribution in [0.4, 0.5) is 5.82 Å². The Morgan fingerprint density at radius 1 is 1.00 bits per heavy atom. The Labute approximate surface area is 149 Å². The summed E-state index contributed by atoms with van der Waals surface area (Å²) in [4.78, 5) is 14.4. The highest BCUT2D eigenvalue weighted by atomic mass is 16.5. The Morgan fingerprint density at radius 3 is 2.42 bits per heavy atom. The Hall–Kier alpha value is -4.03. The fraction of sp³-hybridized carbons (Fsp3) is 0.0500. The zero-order chi connectivity index (χ0) is 18.5. The summed E-state index contributed by atoms with van der Waals surface area (Å²) in [5.41, 5.74) is 6.75. The number of aromatic nitrogens is 1. The number of nitrogen functional groups attached to an aromatic ring is 1. The van der Waals surface area contributed by atoms with Gasteiger partial charge in [-0.15, -0.1) is 0 Å². The van der Waals surface area contributed by atoms with Crippen molar-refractivity contribution in [2.45, 2.75) is 6.61 Å². The SMILES string of the molecule is N#Cc1c(N)[nH]c(=O)c(C#N)c1-c1cccc(OCc2ccccc2)c1. The molecule has 0 aliphatic rings. The molecule has 0 aliphatic carbocycles. The summed E-state index contributed by atoms with van der Waals surface area (Å²) in [6, 6.07) is 20.3. The second-order valence-electron chi connectivity index (χ2n) is 5.52. The number of nitrogens with two attached hydrogens (primary N) is 1. The van der Waals surface area contributed by atoms with Gasteiger partial charge in [-0.3, -0.25) is 4.79 Å². The van der Waals surface area contributed by atoms with Crippen LogP contribution in [0.2, 0.25) is 0 Å². The molecular weight excluding hydrogens is 328 g/mol. The van der Waals surface area contributed by atoms with Crippen LogP contribution in [0.25, 0.3) is 11.1 Å². The molecule has 0 fully saturated rings. The molecule has 3 aromatic rings. The summed E-state index contributed by atoms with van der Waals surface area (Å²) in [6.07, 6.45) is 0. The van der Waals surface area contributed by atoms with Crippen molar-refractivity contribution in [2.24, 2.45) is 0 Å². The molecule has 0 saturated carbocycles. The van der Waals surface area contributed by atoms with Gasteiger partial charge in [-0.05, 0) is 23.3 Å². The molecule has 26 heavy (non-hydrogen) atoms. The number of pyridine rings is 1. The first-order valence-electron chi connectivity index (χ1n) is 7.77. The van der Waals surface area contributed by atoms with Gasteiger partial charge in [0.05, 0.1) is 0 Å². The van der Waals surface area contributed by atoms with Gasteiger partial charge in [0.15, 0.2) is 0 Å². The molecule has 126 valence electrons. The van der Waals surface area contributed by atoms with E-state index >= 15 is 0 Å². The van der Waals surface area contributed by atoms with Crippen molar-refractivity contribution >= 4 is 5.82 Å². The maximum absolute atomic E-state index is 12.0. The zero-order valence-electron chi connectivity index (χ0n) is 13.7. The molecule has 0 atom stereocenters. The normalized spacial score (nSPS) is 9.92. The maximum atomic E-state index is 12.0. The van der Waals surface area contributed by atoms with Crippen molar-refractivity contribution in [1.29, 1.82) is 10.5 Å². The Morgan fingerprint density at radius 2 is 1.73 bits per heavy atom. The van der Waals surface area contributed by atoms with Gasteiger partial charge in [0.1, 0.15) is 41.4 Å². The van der Waals surface area contributed by atoms with Crippen molar-refractivity contribution in [3.05, 3.63) is 81.6 Å². The first kappa shape index (κ1) is 16.8. The first-order chi connectivity index (χ1) is 12.6. The largest absolute Gasteiger partial charge is 0.489 e. The lowest BCUT2D eigenvalue weighted by Crippen LogP contribution is -2.16. The monoisotopic (exact) mass is 342 g/mol. The summed E-state index contributed by atoms with van der Waals surface area (Å²) in [5.74, 6) is 0.486. The number of hydrogen-bond acceptors (Lipinski definition) is 5. The van der Waals surface area contributed by atoms with Gasteiger partial charge >= 0.3 is 0 Å². The van der Waals surface area contributed by atoms with Crippen LogP contribution in [-0.2, 0) is 6.61 Å². The molecule has 1 aromatic heterocycles. The summed E-state index contributed by atoms with van der Waals surface area (Å²) in [7, 11) is 0. The third kappa shape index (κ3) is 3.26. The van der Waals surface area contributed by atoms with Crippen LogP contribution in [-0.4, -0.2) is 4.98 Å². The lowest BCUT2D eigenvalue weighted by atomic mass is 9.96. The molecule has 0 radical (unpaired) electrons. The second-order valence-corrected chi connectivity index (χ2v) is 5.52. The number of H-pyrrole nitrogens is 1. The predicted molar refractivity (Wildman–Crippen MR) is 97.1 cm³/mol. The number of nitrogens with zero attached hydrogens (tertiary/aromatic N) is 2. The highest BCUT2D eigenvalue weighted by molar-refractivity contribution is 5.80. The third-order valence-corrected chi connectivity index (χ3v) is 3.84. The van der Waals surface area contributed by atoms with Gasteiger partial charge in [0, 0.05) is 5.56 Å². The van der Waals surface area contributed by atoms with Crippen LogP contribution in [0.5, 0.6) is 5.75 Å². The van der Waals surface area contributed by atoms with Crippen LogP contribution in [0.3, 0.4) is 0 Å². The van der Waals surface area contributed by atoms with Gasteiger partial charge < -0.3 is 15.5 Å². The van der Waals surface area contributed by atoms with Crippen molar-refractivity contribution in [1.82, 2.24) is 4.98 Å². The van der Waals surface area contributed by atoms with Crippen LogP contribution >= 0.6 is 0 Å². The van der Waals surface area contributed by atoms with Gasteiger partial charge in [-0.1, -0.05) is 42.5 Å². The molecule has 0 amide bonds. The molecule has 0 saturated heterocycles. The van der Waals surface area contributed by atoms with E-state index in [0.29, 0.717) is 17.9 Å². The molecule has 6 heteroatoms. The van der Waals surface area contributed by atoms with E-state index in [2.05, 4.69) is 4.98 Å². The van der Waals surface area contributed by atoms with Gasteiger partial charge in [-0.25, -0.2) is 0 Å². The molecule has 0 bridgehead atoms. The summed E-state index contributed by atoms with van der Waals surface area (Å²) in [5, 5.41) is 18.7. The molecule has 1 heterocycles. The second kappa shape index (κ2) is 7.25. The Balaban J connectivity index is 2.03. The number of anilines is 1. The molecule has 3 rings (SSSR count). The highest BCUT2D eigenvalue weighted by Crippen LogP contribution is 2.30. The average molecular weight is 342 g/mol. The summed E-state index contributed by atoms with van der Waals surface area (Å²) >= 11 is 0. The minimum absolute atomic E-state index is 0.0568. The number of rotatable bonds is 4. The zero-order valence-corrected chi connectivity index (χ0v) is 13.7. The standard InChI is InChI=1S/C20H14N4O2/c21-10-16-18(17(11-22)20(25)24-19(16)23)14-7-4-8-15(9-14)26-12-13-5-2-1-3-6-13/h1-9H,12H2,(H3,23,24,25).